The van der Waals surface area contributed by atoms with Crippen molar-refractivity contribution in [2.45, 2.75) is 10.4 Å². The molecule has 0 bridgehead atoms. The second kappa shape index (κ2) is 4.00. The van der Waals surface area contributed by atoms with E-state index in [-0.39, 0.29) is 0 Å². The SMILES string of the molecule is O=C(O)c1n[nH]c([N+](=O)[O-])c1SC(F)(F)F. The summed E-state index contributed by atoms with van der Waals surface area (Å²) in [6, 6.07) is 0. The normalized spacial score (nSPS) is 11.4. The van der Waals surface area contributed by atoms with Gasteiger partial charge in [-0.15, -0.1) is 5.10 Å². The number of nitrogens with one attached hydrogen (secondary N) is 1. The third kappa shape index (κ3) is 2.62. The fourth-order valence-corrected chi connectivity index (χ4v) is 1.48. The van der Waals surface area contributed by atoms with E-state index in [4.69, 9.17) is 5.11 Å². The fourth-order valence-electron chi connectivity index (χ4n) is 0.804. The van der Waals surface area contributed by atoms with Crippen molar-refractivity contribution < 1.29 is 28.0 Å². The Bertz CT molecular complexity index is 411. The minimum absolute atomic E-state index is 0.899. The molecule has 7 nitrogen and oxygen atoms in total. The van der Waals surface area contributed by atoms with Gasteiger partial charge in [0.15, 0.2) is 0 Å². The van der Waals surface area contributed by atoms with Crippen LogP contribution in [0, 0.1) is 10.1 Å². The fraction of sp³-hybridized carbons (Fsp3) is 0.200. The quantitative estimate of drug-likeness (QED) is 0.483. The number of carboxylic acid groups (broad SMARTS) is 1. The summed E-state index contributed by atoms with van der Waals surface area (Å²) in [5, 5.41) is 23.3. The lowest BCUT2D eigenvalue weighted by molar-refractivity contribution is -0.392. The number of nitro groups is 1. The largest absolute Gasteiger partial charge is 0.476 e. The minimum Gasteiger partial charge on any atom is -0.476 e. The summed E-state index contributed by atoms with van der Waals surface area (Å²) < 4.78 is 36.0. The molecule has 0 radical (unpaired) electrons. The Morgan fingerprint density at radius 1 is 1.56 bits per heavy atom. The summed E-state index contributed by atoms with van der Waals surface area (Å²) >= 11 is -0.899. The standard InChI is InChI=1S/C5H2F3N3O4S/c6-5(7,8)16-2-1(4(12)13)9-10-3(2)11(14)15/h(H,9,10)(H,12,13). The highest BCUT2D eigenvalue weighted by molar-refractivity contribution is 8.00. The molecule has 1 aromatic rings. The number of carboxylic acids is 1. The molecule has 1 aromatic heterocycles. The predicted molar refractivity (Wildman–Crippen MR) is 44.1 cm³/mol. The Morgan fingerprint density at radius 2 is 2.12 bits per heavy atom. The minimum atomic E-state index is -4.83. The average molecular weight is 257 g/mol. The monoisotopic (exact) mass is 257 g/mol. The third-order valence-electron chi connectivity index (χ3n) is 1.31. The first-order valence-electron chi connectivity index (χ1n) is 3.44. The number of halogens is 3. The zero-order valence-electron chi connectivity index (χ0n) is 7.11. The van der Waals surface area contributed by atoms with Crippen LogP contribution >= 0.6 is 11.8 Å². The summed E-state index contributed by atoms with van der Waals surface area (Å²) in [6.45, 7) is 0. The van der Waals surface area contributed by atoms with Crippen LogP contribution in [-0.4, -0.2) is 31.7 Å². The molecule has 16 heavy (non-hydrogen) atoms. The lowest BCUT2D eigenvalue weighted by Gasteiger charge is -2.03. The van der Waals surface area contributed by atoms with E-state index >= 15 is 0 Å². The molecule has 0 atom stereocenters. The summed E-state index contributed by atoms with van der Waals surface area (Å²) in [4.78, 5) is 18.5. The Morgan fingerprint density at radius 3 is 2.50 bits per heavy atom. The van der Waals surface area contributed by atoms with Crippen molar-refractivity contribution in [3.63, 3.8) is 0 Å². The van der Waals surface area contributed by atoms with Crippen molar-refractivity contribution in [1.82, 2.24) is 10.2 Å². The van der Waals surface area contributed by atoms with Gasteiger partial charge in [-0.05, 0) is 16.7 Å². The second-order valence-corrected chi connectivity index (χ2v) is 3.44. The Kier molecular flexibility index (Phi) is 3.07. The van der Waals surface area contributed by atoms with Gasteiger partial charge in [0, 0.05) is 0 Å². The van der Waals surface area contributed by atoms with Crippen LogP contribution in [0.5, 0.6) is 0 Å². The van der Waals surface area contributed by atoms with Gasteiger partial charge >= 0.3 is 17.3 Å². The van der Waals surface area contributed by atoms with Gasteiger partial charge in [-0.2, -0.15) is 13.2 Å². The lowest BCUT2D eigenvalue weighted by Crippen LogP contribution is -2.05. The first kappa shape index (κ1) is 12.3. The van der Waals surface area contributed by atoms with Gasteiger partial charge in [-0.25, -0.2) is 4.79 Å². The number of aromatic amines is 1. The average Bonchev–Trinajstić information content (AvgIpc) is 2.44. The van der Waals surface area contributed by atoms with Crippen LogP contribution in [0.3, 0.4) is 0 Å². The highest BCUT2D eigenvalue weighted by Crippen LogP contribution is 2.42. The van der Waals surface area contributed by atoms with Crippen molar-refractivity contribution in [3.8, 4) is 0 Å². The molecule has 0 unspecified atom stereocenters. The van der Waals surface area contributed by atoms with Gasteiger partial charge in [0.2, 0.25) is 5.69 Å². The molecule has 0 amide bonds. The van der Waals surface area contributed by atoms with E-state index in [9.17, 15) is 28.1 Å². The van der Waals surface area contributed by atoms with Crippen molar-refractivity contribution >= 4 is 23.5 Å². The maximum Gasteiger partial charge on any atom is 0.446 e. The molecule has 88 valence electrons. The molecule has 0 saturated heterocycles. The highest BCUT2D eigenvalue weighted by atomic mass is 32.2. The van der Waals surface area contributed by atoms with Gasteiger partial charge in [0.1, 0.15) is 4.90 Å². The molecule has 2 N–H and O–H groups in total. The highest BCUT2D eigenvalue weighted by Gasteiger charge is 2.38. The van der Waals surface area contributed by atoms with Gasteiger partial charge in [0.05, 0.1) is 0 Å². The molecule has 0 fully saturated rings. The van der Waals surface area contributed by atoms with Crippen LogP contribution in [-0.2, 0) is 0 Å². The maximum absolute atomic E-state index is 12.0. The molecule has 0 spiro atoms. The summed E-state index contributed by atoms with van der Waals surface area (Å²) in [5.41, 5.74) is -5.87. The van der Waals surface area contributed by atoms with Gasteiger partial charge in [0.25, 0.3) is 0 Å². The summed E-state index contributed by atoms with van der Waals surface area (Å²) in [5.74, 6) is -2.88. The molecular weight excluding hydrogens is 255 g/mol. The number of rotatable bonds is 3. The van der Waals surface area contributed by atoms with Crippen molar-refractivity contribution in [1.29, 1.82) is 0 Å². The summed E-state index contributed by atoms with van der Waals surface area (Å²) in [6.07, 6.45) is 0. The zero-order chi connectivity index (χ0) is 12.5. The molecule has 0 aliphatic carbocycles. The lowest BCUT2D eigenvalue weighted by atomic mass is 10.4. The number of H-pyrrole nitrogens is 1. The van der Waals surface area contributed by atoms with E-state index in [2.05, 4.69) is 5.10 Å². The van der Waals surface area contributed by atoms with Crippen LogP contribution in [0.15, 0.2) is 4.90 Å². The Labute approximate surface area is 88.8 Å². The number of carbonyl (C=O) groups is 1. The van der Waals surface area contributed by atoms with E-state index in [1.54, 1.807) is 5.10 Å². The van der Waals surface area contributed by atoms with Crippen LogP contribution in [0.25, 0.3) is 0 Å². The molecule has 1 heterocycles. The maximum atomic E-state index is 12.0. The van der Waals surface area contributed by atoms with Crippen molar-refractivity contribution in [2.24, 2.45) is 0 Å². The van der Waals surface area contributed by atoms with Gasteiger partial charge in [-0.1, -0.05) is 5.10 Å². The van der Waals surface area contributed by atoms with Crippen LogP contribution in [0.4, 0.5) is 19.0 Å². The van der Waals surface area contributed by atoms with Gasteiger partial charge in [-0.3, -0.25) is 0 Å². The molecule has 0 aliphatic rings. The number of hydrogen-bond acceptors (Lipinski definition) is 5. The number of hydrogen-bond donors (Lipinski definition) is 2. The first-order chi connectivity index (χ1) is 7.22. The molecule has 0 saturated carbocycles. The van der Waals surface area contributed by atoms with E-state index in [1.807, 2.05) is 0 Å². The van der Waals surface area contributed by atoms with E-state index in [0.717, 1.165) is 0 Å². The van der Waals surface area contributed by atoms with Crippen molar-refractivity contribution in [2.75, 3.05) is 0 Å². The molecular formula is C5H2F3N3O4S. The van der Waals surface area contributed by atoms with Crippen LogP contribution in [0.2, 0.25) is 0 Å². The molecule has 0 aliphatic heterocycles. The smallest absolute Gasteiger partial charge is 0.446 e. The third-order valence-corrected chi connectivity index (χ3v) is 2.13. The predicted octanol–water partition coefficient (Wildman–Crippen LogP) is 1.63. The number of thioether (sulfide) groups is 1. The van der Waals surface area contributed by atoms with E-state index in [0.29, 0.717) is 0 Å². The van der Waals surface area contributed by atoms with Crippen LogP contribution in [0.1, 0.15) is 10.5 Å². The number of aromatic nitrogens is 2. The van der Waals surface area contributed by atoms with E-state index in [1.165, 1.54) is 0 Å². The molecule has 0 aromatic carbocycles. The Hall–Kier alpha value is -1.78. The molecule has 11 heteroatoms. The first-order valence-corrected chi connectivity index (χ1v) is 4.26. The Balaban J connectivity index is 3.25. The number of nitrogens with zero attached hydrogens (tertiary/aromatic N) is 2. The second-order valence-electron chi connectivity index (χ2n) is 2.36. The topological polar surface area (TPSA) is 109 Å². The number of aromatic carboxylic acids is 1. The van der Waals surface area contributed by atoms with E-state index < -0.39 is 44.6 Å². The van der Waals surface area contributed by atoms with Crippen molar-refractivity contribution in [3.05, 3.63) is 15.8 Å². The number of alkyl halides is 3. The van der Waals surface area contributed by atoms with Crippen LogP contribution < -0.4 is 0 Å². The van der Waals surface area contributed by atoms with Gasteiger partial charge < -0.3 is 15.2 Å². The zero-order valence-corrected chi connectivity index (χ0v) is 7.93. The molecule has 1 rings (SSSR count). The summed E-state index contributed by atoms with van der Waals surface area (Å²) in [7, 11) is 0.